The van der Waals surface area contributed by atoms with E-state index >= 15 is 0 Å². The Morgan fingerprint density at radius 2 is 1.35 bits per heavy atom. The second kappa shape index (κ2) is 6.71. The van der Waals surface area contributed by atoms with Crippen LogP contribution in [0.1, 0.15) is 0 Å². The van der Waals surface area contributed by atoms with E-state index in [1.807, 2.05) is 30.3 Å². The summed E-state index contributed by atoms with van der Waals surface area (Å²) in [6, 6.07) is 18.2. The Morgan fingerprint density at radius 3 is 1.96 bits per heavy atom. The number of fused-ring (bicyclic) bond motifs is 1. The Labute approximate surface area is 153 Å². The third kappa shape index (κ3) is 3.31. The lowest BCUT2D eigenvalue weighted by molar-refractivity contribution is 0.586. The van der Waals surface area contributed by atoms with Crippen LogP contribution in [0.2, 0.25) is 0 Å². The fourth-order valence-corrected chi connectivity index (χ4v) is 4.50. The summed E-state index contributed by atoms with van der Waals surface area (Å²) in [7, 11) is -4.66. The van der Waals surface area contributed by atoms with Gasteiger partial charge in [-0.25, -0.2) is 21.6 Å². The average molecular weight is 390 g/mol. The largest absolute Gasteiger partial charge is 0.269 e. The van der Waals surface area contributed by atoms with Crippen LogP contribution in [0.3, 0.4) is 0 Å². The summed E-state index contributed by atoms with van der Waals surface area (Å²) < 4.78 is 52.6. The molecule has 0 amide bonds. The molecule has 0 saturated heterocycles. The zero-order chi connectivity index (χ0) is 18.9. The molecule has 0 radical (unpaired) electrons. The van der Waals surface area contributed by atoms with E-state index in [0.717, 1.165) is 10.8 Å². The molecule has 0 aliphatic heterocycles. The first kappa shape index (κ1) is 18.4. The Morgan fingerprint density at radius 1 is 0.769 bits per heavy atom. The van der Waals surface area contributed by atoms with Gasteiger partial charge in [0.25, 0.3) is 10.0 Å². The summed E-state index contributed by atoms with van der Waals surface area (Å²) in [5.74, 6) is 0. The van der Waals surface area contributed by atoms with Crippen LogP contribution in [0.4, 0.5) is 5.69 Å². The monoisotopic (exact) mass is 390 g/mol. The first-order valence-corrected chi connectivity index (χ1v) is 10.7. The smallest absolute Gasteiger partial charge is 0.264 e. The number of hydrogen-bond donors (Lipinski definition) is 1. The van der Waals surface area contributed by atoms with Crippen molar-refractivity contribution in [2.75, 3.05) is 18.4 Å². The van der Waals surface area contributed by atoms with Crippen LogP contribution >= 0.6 is 0 Å². The van der Waals surface area contributed by atoms with Crippen molar-refractivity contribution in [2.24, 2.45) is 0 Å². The second-order valence-corrected chi connectivity index (χ2v) is 9.54. The van der Waals surface area contributed by atoms with Gasteiger partial charge in [0.2, 0.25) is 10.0 Å². The predicted molar refractivity (Wildman–Crippen MR) is 102 cm³/mol. The van der Waals surface area contributed by atoms with Crippen LogP contribution < -0.4 is 9.03 Å². The highest BCUT2D eigenvalue weighted by atomic mass is 32.2. The van der Waals surface area contributed by atoms with Crippen molar-refractivity contribution in [2.45, 2.75) is 9.79 Å². The van der Waals surface area contributed by atoms with Crippen LogP contribution in [-0.4, -0.2) is 30.9 Å². The van der Waals surface area contributed by atoms with Crippen molar-refractivity contribution in [1.82, 2.24) is 4.72 Å². The summed E-state index contributed by atoms with van der Waals surface area (Å²) >= 11 is 0. The first-order chi connectivity index (χ1) is 12.3. The second-order valence-electron chi connectivity index (χ2n) is 5.68. The molecule has 3 rings (SSSR count). The Hall–Kier alpha value is -2.42. The molecule has 0 heterocycles. The number of nitrogens with one attached hydrogen (secondary N) is 1. The van der Waals surface area contributed by atoms with Gasteiger partial charge < -0.3 is 0 Å². The van der Waals surface area contributed by atoms with Crippen LogP contribution in [0.25, 0.3) is 10.8 Å². The standard InChI is InChI=1S/C18H18N2O4S2/c1-19-25(21,22)17-9-11-18(12-10-17)26(23,24)20(2)16-8-7-14-5-3-4-6-15(14)13-16/h3-13,19H,1-2H3. The number of anilines is 1. The maximum atomic E-state index is 12.9. The molecule has 3 aromatic carbocycles. The van der Waals surface area contributed by atoms with Gasteiger partial charge in [0.1, 0.15) is 0 Å². The van der Waals surface area contributed by atoms with E-state index < -0.39 is 20.0 Å². The zero-order valence-electron chi connectivity index (χ0n) is 14.2. The van der Waals surface area contributed by atoms with Gasteiger partial charge in [0.05, 0.1) is 15.5 Å². The molecule has 0 aromatic heterocycles. The van der Waals surface area contributed by atoms with Crippen LogP contribution in [-0.2, 0) is 20.0 Å². The molecule has 3 aromatic rings. The predicted octanol–water partition coefficient (Wildman–Crippen LogP) is 2.57. The van der Waals surface area contributed by atoms with Gasteiger partial charge in [0, 0.05) is 7.05 Å². The fraction of sp³-hybridized carbons (Fsp3) is 0.111. The van der Waals surface area contributed by atoms with Crippen molar-refractivity contribution < 1.29 is 16.8 Å². The van der Waals surface area contributed by atoms with E-state index in [1.165, 1.54) is 42.7 Å². The molecule has 26 heavy (non-hydrogen) atoms. The van der Waals surface area contributed by atoms with Gasteiger partial charge in [-0.2, -0.15) is 0 Å². The molecular weight excluding hydrogens is 372 g/mol. The Bertz CT molecular complexity index is 1160. The summed E-state index contributed by atoms with van der Waals surface area (Å²) in [5, 5.41) is 1.95. The van der Waals surface area contributed by atoms with Gasteiger partial charge in [-0.3, -0.25) is 4.31 Å². The van der Waals surface area contributed by atoms with Gasteiger partial charge >= 0.3 is 0 Å². The topological polar surface area (TPSA) is 83.5 Å². The minimum absolute atomic E-state index is 0.00677. The zero-order valence-corrected chi connectivity index (χ0v) is 15.9. The van der Waals surface area contributed by atoms with Crippen molar-refractivity contribution in [3.63, 3.8) is 0 Å². The van der Waals surface area contributed by atoms with Crippen molar-refractivity contribution >= 4 is 36.5 Å². The summed E-state index contributed by atoms with van der Waals surface area (Å²) in [6.45, 7) is 0. The minimum Gasteiger partial charge on any atom is -0.269 e. The molecule has 0 spiro atoms. The molecular formula is C18H18N2O4S2. The Balaban J connectivity index is 1.98. The molecule has 136 valence electrons. The van der Waals surface area contributed by atoms with E-state index in [0.29, 0.717) is 5.69 Å². The quantitative estimate of drug-likeness (QED) is 0.726. The van der Waals surface area contributed by atoms with Gasteiger partial charge in [-0.1, -0.05) is 30.3 Å². The van der Waals surface area contributed by atoms with Crippen molar-refractivity contribution in [3.05, 3.63) is 66.7 Å². The van der Waals surface area contributed by atoms with Crippen LogP contribution in [0.5, 0.6) is 0 Å². The molecule has 0 bridgehead atoms. The third-order valence-corrected chi connectivity index (χ3v) is 7.39. The molecule has 0 unspecified atom stereocenters. The SMILES string of the molecule is CNS(=O)(=O)c1ccc(S(=O)(=O)N(C)c2ccc3ccccc3c2)cc1. The lowest BCUT2D eigenvalue weighted by Crippen LogP contribution is -2.26. The summed E-state index contributed by atoms with van der Waals surface area (Å²) in [6.07, 6.45) is 0. The van der Waals surface area contributed by atoms with Gasteiger partial charge in [-0.05, 0) is 54.2 Å². The fourth-order valence-electron chi connectivity index (χ4n) is 2.58. The van der Waals surface area contributed by atoms with E-state index in [-0.39, 0.29) is 9.79 Å². The number of hydrogen-bond acceptors (Lipinski definition) is 4. The molecule has 0 saturated carbocycles. The van der Waals surface area contributed by atoms with Gasteiger partial charge in [-0.15, -0.1) is 0 Å². The van der Waals surface area contributed by atoms with E-state index in [2.05, 4.69) is 4.72 Å². The van der Waals surface area contributed by atoms with Crippen molar-refractivity contribution in [1.29, 1.82) is 0 Å². The molecule has 0 aliphatic carbocycles. The van der Waals surface area contributed by atoms with E-state index in [9.17, 15) is 16.8 Å². The van der Waals surface area contributed by atoms with Gasteiger partial charge in [0.15, 0.2) is 0 Å². The highest BCUT2D eigenvalue weighted by Crippen LogP contribution is 2.26. The molecule has 0 atom stereocenters. The number of benzene rings is 3. The normalized spacial score (nSPS) is 12.2. The molecule has 0 fully saturated rings. The maximum absolute atomic E-state index is 12.9. The lowest BCUT2D eigenvalue weighted by Gasteiger charge is -2.20. The molecule has 1 N–H and O–H groups in total. The summed E-state index contributed by atoms with van der Waals surface area (Å²) in [5.41, 5.74) is 0.524. The number of sulfonamides is 2. The number of rotatable bonds is 5. The van der Waals surface area contributed by atoms with E-state index in [4.69, 9.17) is 0 Å². The highest BCUT2D eigenvalue weighted by molar-refractivity contribution is 7.92. The van der Waals surface area contributed by atoms with Crippen LogP contribution in [0.15, 0.2) is 76.5 Å². The Kier molecular flexibility index (Phi) is 4.74. The maximum Gasteiger partial charge on any atom is 0.264 e. The molecule has 0 aliphatic rings. The third-order valence-electron chi connectivity index (χ3n) is 4.16. The average Bonchev–Trinajstić information content (AvgIpc) is 2.67. The lowest BCUT2D eigenvalue weighted by atomic mass is 10.1. The summed E-state index contributed by atoms with van der Waals surface area (Å²) in [4.78, 5) is 0.0236. The molecule has 8 heteroatoms. The first-order valence-electron chi connectivity index (χ1n) is 7.77. The van der Waals surface area contributed by atoms with Crippen LogP contribution in [0, 0.1) is 0 Å². The van der Waals surface area contributed by atoms with Crippen molar-refractivity contribution in [3.8, 4) is 0 Å². The van der Waals surface area contributed by atoms with E-state index in [1.54, 1.807) is 12.1 Å². The number of nitrogens with zero attached hydrogens (tertiary/aromatic N) is 1. The molecule has 6 nitrogen and oxygen atoms in total. The highest BCUT2D eigenvalue weighted by Gasteiger charge is 2.22. The minimum atomic E-state index is -3.81.